The Balaban J connectivity index is 1.47. The first-order chi connectivity index (χ1) is 14.7. The van der Waals surface area contributed by atoms with Crippen LogP contribution < -0.4 is 10.2 Å². The van der Waals surface area contributed by atoms with Crippen LogP contribution in [-0.2, 0) is 4.79 Å². The van der Waals surface area contributed by atoms with Crippen molar-refractivity contribution in [2.45, 2.75) is 10.1 Å². The maximum atomic E-state index is 13.2. The number of pyridine rings is 1. The van der Waals surface area contributed by atoms with Gasteiger partial charge in [0.2, 0.25) is 5.91 Å². The smallest absolute Gasteiger partial charge is 0.242 e. The van der Waals surface area contributed by atoms with E-state index in [1.807, 2.05) is 72.8 Å². The first-order valence-electron chi connectivity index (χ1n) is 10.2. The predicted molar refractivity (Wildman–Crippen MR) is 124 cm³/mol. The molecule has 0 saturated carbocycles. The van der Waals surface area contributed by atoms with Crippen LogP contribution in [0.25, 0.3) is 0 Å². The van der Waals surface area contributed by atoms with Gasteiger partial charge in [-0.2, -0.15) is 0 Å². The second-order valence-corrected chi connectivity index (χ2v) is 8.58. The molecule has 1 aliphatic heterocycles. The summed E-state index contributed by atoms with van der Waals surface area (Å²) in [6.45, 7) is 4.02. The van der Waals surface area contributed by atoms with Crippen LogP contribution >= 0.6 is 11.8 Å². The van der Waals surface area contributed by atoms with Crippen molar-refractivity contribution in [2.24, 2.45) is 0 Å². The van der Waals surface area contributed by atoms with Gasteiger partial charge < -0.3 is 15.1 Å². The number of nitrogens with zero attached hydrogens (tertiary/aromatic N) is 3. The first-order valence-corrected chi connectivity index (χ1v) is 11.0. The summed E-state index contributed by atoms with van der Waals surface area (Å²) < 4.78 is 0. The average Bonchev–Trinajstić information content (AvgIpc) is 2.80. The number of piperazine rings is 1. The third kappa shape index (κ3) is 5.20. The molecule has 0 aliphatic carbocycles. The largest absolute Gasteiger partial charge is 0.354 e. The lowest BCUT2D eigenvalue weighted by molar-refractivity contribution is -0.115. The van der Waals surface area contributed by atoms with E-state index in [4.69, 9.17) is 0 Å². The Bertz CT molecular complexity index is 942. The topological polar surface area (TPSA) is 48.5 Å². The summed E-state index contributed by atoms with van der Waals surface area (Å²) in [4.78, 5) is 23.4. The fraction of sp³-hybridized carbons (Fsp3) is 0.250. The van der Waals surface area contributed by atoms with Crippen molar-refractivity contribution in [3.8, 4) is 0 Å². The van der Waals surface area contributed by atoms with Crippen molar-refractivity contribution in [2.75, 3.05) is 43.4 Å². The maximum Gasteiger partial charge on any atom is 0.242 e. The van der Waals surface area contributed by atoms with Crippen molar-refractivity contribution in [1.82, 2.24) is 9.88 Å². The molecule has 3 aromatic rings. The monoisotopic (exact) mass is 418 g/mol. The molecule has 0 spiro atoms. The highest BCUT2D eigenvalue weighted by molar-refractivity contribution is 8.00. The van der Waals surface area contributed by atoms with Crippen LogP contribution in [0.2, 0.25) is 0 Å². The molecule has 30 heavy (non-hydrogen) atoms. The Kier molecular flexibility index (Phi) is 6.67. The van der Waals surface area contributed by atoms with Gasteiger partial charge in [0.1, 0.15) is 11.1 Å². The summed E-state index contributed by atoms with van der Waals surface area (Å²) in [5.41, 5.74) is 1.69. The Hall–Kier alpha value is -2.83. The Morgan fingerprint density at radius 2 is 1.60 bits per heavy atom. The van der Waals surface area contributed by atoms with Gasteiger partial charge in [-0.25, -0.2) is 4.98 Å². The fourth-order valence-electron chi connectivity index (χ4n) is 3.43. The lowest BCUT2D eigenvalue weighted by atomic mass is 10.1. The number of hydrogen-bond acceptors (Lipinski definition) is 5. The van der Waals surface area contributed by atoms with Crippen LogP contribution in [0.1, 0.15) is 10.8 Å². The van der Waals surface area contributed by atoms with E-state index in [0.29, 0.717) is 5.69 Å². The van der Waals surface area contributed by atoms with Crippen LogP contribution in [0.3, 0.4) is 0 Å². The number of anilines is 2. The number of rotatable bonds is 6. The molecule has 1 aliphatic rings. The molecule has 154 valence electrons. The molecule has 2 aromatic carbocycles. The standard InChI is InChI=1S/C24H26N4OS/c1-27-14-16-28(17-15-27)22-13-12-20(18-25-22)26-24(29)23(19-8-4-2-5-9-19)30-21-10-6-3-7-11-21/h2-13,18,23H,14-17H2,1H3,(H,26,29)/t23-/m0/s1. The van der Waals surface area contributed by atoms with E-state index < -0.39 is 0 Å². The van der Waals surface area contributed by atoms with E-state index in [1.54, 1.807) is 18.0 Å². The minimum atomic E-state index is -0.342. The lowest BCUT2D eigenvalue weighted by Gasteiger charge is -2.33. The fourth-order valence-corrected chi connectivity index (χ4v) is 4.47. The number of likely N-dealkylation sites (N-methyl/N-ethyl adjacent to an activating group) is 1. The van der Waals surface area contributed by atoms with Gasteiger partial charge in [-0.1, -0.05) is 48.5 Å². The molecule has 4 rings (SSSR count). The first kappa shape index (κ1) is 20.4. The van der Waals surface area contributed by atoms with Crippen molar-refractivity contribution >= 4 is 29.2 Å². The third-order valence-corrected chi connectivity index (χ3v) is 6.45. The number of amides is 1. The second kappa shape index (κ2) is 9.78. The quantitative estimate of drug-likeness (QED) is 0.605. The Morgan fingerprint density at radius 3 is 2.23 bits per heavy atom. The Morgan fingerprint density at radius 1 is 0.933 bits per heavy atom. The molecule has 1 fully saturated rings. The van der Waals surface area contributed by atoms with E-state index in [-0.39, 0.29) is 11.2 Å². The molecule has 1 aromatic heterocycles. The van der Waals surface area contributed by atoms with Gasteiger partial charge in [0.05, 0.1) is 11.9 Å². The van der Waals surface area contributed by atoms with Gasteiger partial charge in [0.15, 0.2) is 0 Å². The highest BCUT2D eigenvalue weighted by Crippen LogP contribution is 2.36. The number of aromatic nitrogens is 1. The third-order valence-electron chi connectivity index (χ3n) is 5.18. The van der Waals surface area contributed by atoms with Gasteiger partial charge in [-0.15, -0.1) is 11.8 Å². The molecule has 2 heterocycles. The summed E-state index contributed by atoms with van der Waals surface area (Å²) in [7, 11) is 2.14. The molecule has 0 radical (unpaired) electrons. The molecule has 5 nitrogen and oxygen atoms in total. The number of nitrogens with one attached hydrogen (secondary N) is 1. The van der Waals surface area contributed by atoms with Gasteiger partial charge in [0, 0.05) is 31.1 Å². The summed E-state index contributed by atoms with van der Waals surface area (Å²) in [6, 6.07) is 23.8. The number of carbonyl (C=O) groups excluding carboxylic acids is 1. The molecule has 0 unspecified atom stereocenters. The highest BCUT2D eigenvalue weighted by Gasteiger charge is 2.22. The SMILES string of the molecule is CN1CCN(c2ccc(NC(=O)[C@@H](Sc3ccccc3)c3ccccc3)cn2)CC1. The number of benzene rings is 2. The lowest BCUT2D eigenvalue weighted by Crippen LogP contribution is -2.44. The van der Waals surface area contributed by atoms with Crippen LogP contribution in [0.5, 0.6) is 0 Å². The second-order valence-electron chi connectivity index (χ2n) is 7.41. The number of thioether (sulfide) groups is 1. The summed E-state index contributed by atoms with van der Waals surface area (Å²) in [5.74, 6) is 0.906. The van der Waals surface area contributed by atoms with Crippen molar-refractivity contribution in [3.05, 3.63) is 84.6 Å². The van der Waals surface area contributed by atoms with Crippen LogP contribution in [0.15, 0.2) is 83.9 Å². The van der Waals surface area contributed by atoms with Gasteiger partial charge in [-0.05, 0) is 36.9 Å². The minimum Gasteiger partial charge on any atom is -0.354 e. The van der Waals surface area contributed by atoms with E-state index in [0.717, 1.165) is 42.5 Å². The summed E-state index contributed by atoms with van der Waals surface area (Å²) >= 11 is 1.55. The van der Waals surface area contributed by atoms with Crippen molar-refractivity contribution < 1.29 is 4.79 Å². The predicted octanol–water partition coefficient (Wildman–Crippen LogP) is 4.31. The molecular formula is C24H26N4OS. The molecule has 0 bridgehead atoms. The van der Waals surface area contributed by atoms with E-state index in [9.17, 15) is 4.79 Å². The maximum absolute atomic E-state index is 13.2. The van der Waals surface area contributed by atoms with Gasteiger partial charge >= 0.3 is 0 Å². The van der Waals surface area contributed by atoms with Crippen LogP contribution in [0, 0.1) is 0 Å². The number of carbonyl (C=O) groups is 1. The highest BCUT2D eigenvalue weighted by atomic mass is 32.2. The Labute approximate surface area is 182 Å². The molecule has 6 heteroatoms. The van der Waals surface area contributed by atoms with E-state index in [1.165, 1.54) is 0 Å². The zero-order valence-electron chi connectivity index (χ0n) is 17.1. The zero-order valence-corrected chi connectivity index (χ0v) is 17.9. The van der Waals surface area contributed by atoms with E-state index >= 15 is 0 Å². The minimum absolute atomic E-state index is 0.0517. The van der Waals surface area contributed by atoms with Crippen molar-refractivity contribution in [3.63, 3.8) is 0 Å². The zero-order chi connectivity index (χ0) is 20.8. The summed E-state index contributed by atoms with van der Waals surface area (Å²) in [5, 5.41) is 2.71. The molecule has 1 amide bonds. The van der Waals surface area contributed by atoms with Crippen LogP contribution in [-0.4, -0.2) is 49.0 Å². The normalized spacial score (nSPS) is 15.6. The van der Waals surface area contributed by atoms with Gasteiger partial charge in [-0.3, -0.25) is 4.79 Å². The average molecular weight is 419 g/mol. The van der Waals surface area contributed by atoms with Crippen molar-refractivity contribution in [1.29, 1.82) is 0 Å². The number of hydrogen-bond donors (Lipinski definition) is 1. The summed E-state index contributed by atoms with van der Waals surface area (Å²) in [6.07, 6.45) is 1.75. The molecule has 1 saturated heterocycles. The van der Waals surface area contributed by atoms with Crippen LogP contribution in [0.4, 0.5) is 11.5 Å². The molecule has 1 N–H and O–H groups in total. The molecule has 1 atom stereocenters. The van der Waals surface area contributed by atoms with E-state index in [2.05, 4.69) is 27.1 Å². The molecular weight excluding hydrogens is 392 g/mol. The van der Waals surface area contributed by atoms with Gasteiger partial charge in [0.25, 0.3) is 0 Å².